The maximum atomic E-state index is 12.2. The van der Waals surface area contributed by atoms with Gasteiger partial charge in [-0.05, 0) is 24.3 Å². The van der Waals surface area contributed by atoms with Gasteiger partial charge in [-0.15, -0.1) is 0 Å². The summed E-state index contributed by atoms with van der Waals surface area (Å²) in [5.41, 5.74) is 1.65. The van der Waals surface area contributed by atoms with Crippen molar-refractivity contribution >= 4 is 5.91 Å². The quantitative estimate of drug-likeness (QED) is 0.682. The van der Waals surface area contributed by atoms with Gasteiger partial charge < -0.3 is 10.5 Å². The summed E-state index contributed by atoms with van der Waals surface area (Å²) >= 11 is 0. The molecule has 1 N–H and O–H groups in total. The molecule has 1 fully saturated rings. The molecule has 1 amide bonds. The Morgan fingerprint density at radius 2 is 1.80 bits per heavy atom. The van der Waals surface area contributed by atoms with Crippen molar-refractivity contribution in [3.05, 3.63) is 71.2 Å². The van der Waals surface area contributed by atoms with E-state index < -0.39 is 0 Å². The lowest BCUT2D eigenvalue weighted by molar-refractivity contribution is -0.605. The summed E-state index contributed by atoms with van der Waals surface area (Å²) in [6.07, 6.45) is 4.97. The third-order valence-electron chi connectivity index (χ3n) is 3.60. The smallest absolute Gasteiger partial charge is 0.252 e. The fourth-order valence-corrected chi connectivity index (χ4v) is 2.35. The second-order valence-electron chi connectivity index (χ2n) is 5.15. The van der Waals surface area contributed by atoms with Crippen LogP contribution < -0.4 is 10.0 Å². The Labute approximate surface area is 117 Å². The van der Waals surface area contributed by atoms with Crippen molar-refractivity contribution in [2.24, 2.45) is 5.92 Å². The van der Waals surface area contributed by atoms with Gasteiger partial charge in [0, 0.05) is 12.1 Å². The van der Waals surface area contributed by atoms with Crippen LogP contribution in [-0.4, -0.2) is 5.91 Å². The van der Waals surface area contributed by atoms with Gasteiger partial charge in [0.1, 0.15) is 0 Å². The average molecular weight is 268 g/mol. The van der Waals surface area contributed by atoms with Crippen LogP contribution in [-0.2, 0) is 0 Å². The van der Waals surface area contributed by atoms with Crippen molar-refractivity contribution < 1.29 is 9.52 Å². The fourth-order valence-electron chi connectivity index (χ4n) is 2.35. The minimum atomic E-state index is -0.133. The lowest BCUT2D eigenvalue weighted by Gasteiger charge is -2.18. The molecule has 1 heterocycles. The number of nitrogens with one attached hydrogen (secondary N) is 1. The van der Waals surface area contributed by atoms with E-state index in [4.69, 9.17) is 0 Å². The third-order valence-corrected chi connectivity index (χ3v) is 3.60. The van der Waals surface area contributed by atoms with Crippen LogP contribution in [0.25, 0.3) is 0 Å². The minimum Gasteiger partial charge on any atom is -0.619 e. The second-order valence-corrected chi connectivity index (χ2v) is 5.15. The zero-order valence-corrected chi connectivity index (χ0v) is 11.0. The molecule has 20 heavy (non-hydrogen) atoms. The molecule has 0 radical (unpaired) electrons. The number of rotatable bonds is 4. The van der Waals surface area contributed by atoms with E-state index in [9.17, 15) is 10.0 Å². The summed E-state index contributed by atoms with van der Waals surface area (Å²) in [5.74, 6) is 0.390. The highest BCUT2D eigenvalue weighted by Crippen LogP contribution is 2.41. The normalized spacial score (nSPS) is 15.6. The highest BCUT2D eigenvalue weighted by molar-refractivity contribution is 5.94. The Kier molecular flexibility index (Phi) is 3.37. The first-order valence-corrected chi connectivity index (χ1v) is 6.78. The summed E-state index contributed by atoms with van der Waals surface area (Å²) in [6, 6.07) is 13.2. The predicted octanol–water partition coefficient (Wildman–Crippen LogP) is 2.20. The Morgan fingerprint density at radius 3 is 2.40 bits per heavy atom. The zero-order chi connectivity index (χ0) is 13.9. The maximum Gasteiger partial charge on any atom is 0.252 e. The highest BCUT2D eigenvalue weighted by Gasteiger charge is 2.33. The van der Waals surface area contributed by atoms with E-state index in [1.165, 1.54) is 24.5 Å². The van der Waals surface area contributed by atoms with Crippen molar-refractivity contribution in [2.45, 2.75) is 18.9 Å². The van der Waals surface area contributed by atoms with E-state index >= 15 is 0 Å². The summed E-state index contributed by atoms with van der Waals surface area (Å²) in [5, 5.41) is 14.1. The molecule has 1 aliphatic carbocycles. The number of aromatic nitrogens is 1. The van der Waals surface area contributed by atoms with Gasteiger partial charge in [-0.3, -0.25) is 4.79 Å². The molecular weight excluding hydrogens is 252 g/mol. The van der Waals surface area contributed by atoms with Gasteiger partial charge in [-0.2, -0.15) is 4.73 Å². The van der Waals surface area contributed by atoms with E-state index in [1.807, 2.05) is 30.3 Å². The van der Waals surface area contributed by atoms with Crippen LogP contribution in [0.3, 0.4) is 0 Å². The summed E-state index contributed by atoms with van der Waals surface area (Å²) in [6.45, 7) is 0. The number of pyridine rings is 1. The first kappa shape index (κ1) is 12.7. The molecule has 1 aromatic carbocycles. The first-order chi connectivity index (χ1) is 9.74. The van der Waals surface area contributed by atoms with Crippen LogP contribution in [0.1, 0.15) is 34.8 Å². The van der Waals surface area contributed by atoms with E-state index in [0.29, 0.717) is 16.2 Å². The van der Waals surface area contributed by atoms with Crippen LogP contribution in [0.15, 0.2) is 54.9 Å². The summed E-state index contributed by atoms with van der Waals surface area (Å²) < 4.78 is 0.673. The predicted molar refractivity (Wildman–Crippen MR) is 74.8 cm³/mol. The van der Waals surface area contributed by atoms with E-state index in [1.54, 1.807) is 0 Å². The largest absolute Gasteiger partial charge is 0.619 e. The third kappa shape index (κ3) is 2.79. The van der Waals surface area contributed by atoms with Gasteiger partial charge in [0.2, 0.25) is 0 Å². The van der Waals surface area contributed by atoms with Crippen LogP contribution in [0, 0.1) is 11.1 Å². The van der Waals surface area contributed by atoms with Gasteiger partial charge in [-0.25, -0.2) is 0 Å². The Balaban J connectivity index is 1.77. The van der Waals surface area contributed by atoms with E-state index in [0.717, 1.165) is 18.4 Å². The van der Waals surface area contributed by atoms with Gasteiger partial charge in [0.25, 0.3) is 5.91 Å². The van der Waals surface area contributed by atoms with Crippen molar-refractivity contribution in [3.63, 3.8) is 0 Å². The van der Waals surface area contributed by atoms with Gasteiger partial charge in [0.05, 0.1) is 11.6 Å². The molecule has 0 saturated heterocycles. The average Bonchev–Trinajstić information content (AvgIpc) is 3.31. The molecule has 1 atom stereocenters. The SMILES string of the molecule is O=C(NC(c1ccccc1)C1CC1)c1cc[n+]([O-])cc1. The van der Waals surface area contributed by atoms with Gasteiger partial charge >= 0.3 is 0 Å². The molecule has 1 unspecified atom stereocenters. The number of carbonyl (C=O) groups is 1. The second kappa shape index (κ2) is 5.33. The van der Waals surface area contributed by atoms with Crippen molar-refractivity contribution in [2.75, 3.05) is 0 Å². The topological polar surface area (TPSA) is 56.0 Å². The molecule has 2 aromatic rings. The lowest BCUT2D eigenvalue weighted by Crippen LogP contribution is -2.31. The van der Waals surface area contributed by atoms with Crippen LogP contribution in [0.2, 0.25) is 0 Å². The molecule has 102 valence electrons. The van der Waals surface area contributed by atoms with Crippen molar-refractivity contribution in [1.29, 1.82) is 0 Å². The van der Waals surface area contributed by atoms with E-state index in [2.05, 4.69) is 5.32 Å². The van der Waals surface area contributed by atoms with Crippen LogP contribution >= 0.6 is 0 Å². The molecule has 3 rings (SSSR count). The number of nitrogens with zero attached hydrogens (tertiary/aromatic N) is 1. The number of hydrogen-bond acceptors (Lipinski definition) is 2. The van der Waals surface area contributed by atoms with Crippen LogP contribution in [0.4, 0.5) is 0 Å². The fraction of sp³-hybridized carbons (Fsp3) is 0.250. The molecule has 1 aromatic heterocycles. The molecule has 0 bridgehead atoms. The van der Waals surface area contributed by atoms with Crippen molar-refractivity contribution in [3.8, 4) is 0 Å². The van der Waals surface area contributed by atoms with Gasteiger partial charge in [0.15, 0.2) is 12.4 Å². The molecule has 0 aliphatic heterocycles. The summed E-state index contributed by atoms with van der Waals surface area (Å²) in [4.78, 5) is 12.2. The van der Waals surface area contributed by atoms with E-state index in [-0.39, 0.29) is 11.9 Å². The lowest BCUT2D eigenvalue weighted by atomic mass is 10.0. The Morgan fingerprint density at radius 1 is 1.15 bits per heavy atom. The first-order valence-electron chi connectivity index (χ1n) is 6.78. The Hall–Kier alpha value is -2.36. The molecule has 4 heteroatoms. The number of amides is 1. The van der Waals surface area contributed by atoms with Crippen LogP contribution in [0.5, 0.6) is 0 Å². The maximum absolute atomic E-state index is 12.2. The molecule has 4 nitrogen and oxygen atoms in total. The molecular formula is C16H16N2O2. The van der Waals surface area contributed by atoms with Crippen molar-refractivity contribution in [1.82, 2.24) is 5.32 Å². The monoisotopic (exact) mass is 268 g/mol. The number of benzene rings is 1. The Bertz CT molecular complexity index is 592. The number of hydrogen-bond donors (Lipinski definition) is 1. The highest BCUT2D eigenvalue weighted by atomic mass is 16.5. The molecule has 1 saturated carbocycles. The molecule has 0 spiro atoms. The van der Waals surface area contributed by atoms with Gasteiger partial charge in [-0.1, -0.05) is 30.3 Å². The summed E-state index contributed by atoms with van der Waals surface area (Å²) in [7, 11) is 0. The molecule has 1 aliphatic rings. The number of carbonyl (C=O) groups excluding carboxylic acids is 1. The zero-order valence-electron chi connectivity index (χ0n) is 11.0. The minimum absolute atomic E-state index is 0.0586. The standard InChI is InChI=1S/C16H16N2O2/c19-16(14-8-10-18(20)11-9-14)17-15(13-6-7-13)12-4-2-1-3-5-12/h1-5,8-11,13,15H,6-7H2,(H,17,19).